The lowest BCUT2D eigenvalue weighted by molar-refractivity contribution is -0.139. The molecule has 4 aromatic rings. The van der Waals surface area contributed by atoms with Crippen molar-refractivity contribution in [2.45, 2.75) is 46.4 Å². The molecule has 1 atom stereocenters. The number of carbonyl (C=O) groups excluding carboxylic acids is 1. The summed E-state index contributed by atoms with van der Waals surface area (Å²) in [5.74, 6) is 2.61. The van der Waals surface area contributed by atoms with Crippen LogP contribution in [0.25, 0.3) is 6.08 Å². The Morgan fingerprint density at radius 3 is 2.67 bits per heavy atom. The molecule has 0 N–H and O–H groups in total. The van der Waals surface area contributed by atoms with Crippen molar-refractivity contribution in [1.29, 1.82) is 0 Å². The SMILES string of the molecule is CCOC(=O)C1=C(C)N=c2s/c(=C\c3cc(Br)c(OCc4ccc5c(c4)OCO5)c(I)c3)c(=O)n2[C@H]1c1ccc(OC(C)C)c(OC)c1. The van der Waals surface area contributed by atoms with Crippen LogP contribution in [0, 0.1) is 3.57 Å². The summed E-state index contributed by atoms with van der Waals surface area (Å²) in [6.45, 7) is 8.08. The Bertz CT molecular complexity index is 2100. The van der Waals surface area contributed by atoms with Crippen LogP contribution in [-0.4, -0.2) is 37.1 Å². The lowest BCUT2D eigenvalue weighted by Gasteiger charge is -2.25. The van der Waals surface area contributed by atoms with E-state index in [2.05, 4.69) is 43.5 Å². The van der Waals surface area contributed by atoms with Gasteiger partial charge >= 0.3 is 5.97 Å². The molecule has 250 valence electrons. The molecule has 0 bridgehead atoms. The minimum Gasteiger partial charge on any atom is -0.493 e. The highest BCUT2D eigenvalue weighted by molar-refractivity contribution is 14.1. The molecule has 48 heavy (non-hydrogen) atoms. The van der Waals surface area contributed by atoms with Crippen molar-refractivity contribution < 1.29 is 33.2 Å². The molecule has 10 nitrogen and oxygen atoms in total. The molecule has 13 heteroatoms. The lowest BCUT2D eigenvalue weighted by atomic mass is 9.95. The fourth-order valence-electron chi connectivity index (χ4n) is 5.45. The summed E-state index contributed by atoms with van der Waals surface area (Å²) in [6, 6.07) is 14.2. The lowest BCUT2D eigenvalue weighted by Crippen LogP contribution is -2.40. The Balaban J connectivity index is 1.37. The average molecular weight is 848 g/mol. The Morgan fingerprint density at radius 1 is 1.15 bits per heavy atom. The third-order valence-electron chi connectivity index (χ3n) is 7.52. The number of esters is 1. The molecule has 6 rings (SSSR count). The third kappa shape index (κ3) is 6.85. The van der Waals surface area contributed by atoms with Gasteiger partial charge in [0.1, 0.15) is 12.4 Å². The van der Waals surface area contributed by atoms with Crippen LogP contribution >= 0.6 is 49.9 Å². The minimum atomic E-state index is -0.789. The largest absolute Gasteiger partial charge is 0.493 e. The zero-order valence-electron chi connectivity index (χ0n) is 26.8. The van der Waals surface area contributed by atoms with Crippen LogP contribution < -0.4 is 38.6 Å². The Kier molecular flexibility index (Phi) is 10.2. The summed E-state index contributed by atoms with van der Waals surface area (Å²) >= 11 is 7.13. The molecule has 0 unspecified atom stereocenters. The van der Waals surface area contributed by atoms with Crippen molar-refractivity contribution in [3.8, 4) is 28.7 Å². The van der Waals surface area contributed by atoms with E-state index in [1.54, 1.807) is 37.7 Å². The van der Waals surface area contributed by atoms with Crippen molar-refractivity contribution in [3.05, 3.63) is 104 Å². The maximum absolute atomic E-state index is 14.2. The summed E-state index contributed by atoms with van der Waals surface area (Å²) in [4.78, 5) is 32.7. The van der Waals surface area contributed by atoms with Gasteiger partial charge in [0.05, 0.1) is 49.7 Å². The van der Waals surface area contributed by atoms with E-state index < -0.39 is 12.0 Å². The minimum absolute atomic E-state index is 0.0709. The molecular weight excluding hydrogens is 815 g/mol. The second-order valence-electron chi connectivity index (χ2n) is 11.2. The third-order valence-corrected chi connectivity index (χ3v) is 9.89. The van der Waals surface area contributed by atoms with Gasteiger partial charge in [-0.3, -0.25) is 9.36 Å². The molecule has 0 radical (unpaired) electrons. The molecule has 0 spiro atoms. The maximum Gasteiger partial charge on any atom is 0.338 e. The van der Waals surface area contributed by atoms with E-state index in [-0.39, 0.29) is 30.6 Å². The molecule has 0 saturated carbocycles. The van der Waals surface area contributed by atoms with Crippen LogP contribution in [0.4, 0.5) is 0 Å². The molecule has 2 aliphatic rings. The number of hydrogen-bond acceptors (Lipinski definition) is 10. The molecule has 0 fully saturated rings. The van der Waals surface area contributed by atoms with Crippen LogP contribution in [0.2, 0.25) is 0 Å². The first-order chi connectivity index (χ1) is 23.1. The highest BCUT2D eigenvalue weighted by Gasteiger charge is 2.34. The van der Waals surface area contributed by atoms with Gasteiger partial charge < -0.3 is 28.4 Å². The molecule has 0 saturated heterocycles. The van der Waals surface area contributed by atoms with E-state index in [4.69, 9.17) is 28.4 Å². The Hall–Kier alpha value is -3.82. The second-order valence-corrected chi connectivity index (χ2v) is 14.2. The van der Waals surface area contributed by atoms with Gasteiger partial charge in [-0.25, -0.2) is 9.79 Å². The molecular formula is C35H32BrIN2O8S. The van der Waals surface area contributed by atoms with E-state index >= 15 is 0 Å². The van der Waals surface area contributed by atoms with Crippen molar-refractivity contribution in [2.75, 3.05) is 20.5 Å². The van der Waals surface area contributed by atoms with Gasteiger partial charge in [-0.05, 0) is 125 Å². The van der Waals surface area contributed by atoms with Gasteiger partial charge in [0, 0.05) is 0 Å². The second kappa shape index (κ2) is 14.3. The number of halogens is 2. The molecule has 3 aromatic carbocycles. The highest BCUT2D eigenvalue weighted by Crippen LogP contribution is 2.38. The summed E-state index contributed by atoms with van der Waals surface area (Å²) in [7, 11) is 1.55. The fourth-order valence-corrected chi connectivity index (χ4v) is 8.27. The number of thiazole rings is 1. The number of benzene rings is 3. The fraction of sp³-hybridized carbons (Fsp3) is 0.286. The van der Waals surface area contributed by atoms with Gasteiger partial charge in [-0.1, -0.05) is 23.5 Å². The summed E-state index contributed by atoms with van der Waals surface area (Å²) in [5, 5.41) is 0. The number of allylic oxidation sites excluding steroid dienone is 1. The average Bonchev–Trinajstić information content (AvgIpc) is 3.63. The van der Waals surface area contributed by atoms with E-state index in [0.717, 1.165) is 24.9 Å². The number of rotatable bonds is 10. The van der Waals surface area contributed by atoms with Gasteiger partial charge in [-0.15, -0.1) is 0 Å². The van der Waals surface area contributed by atoms with Crippen molar-refractivity contribution >= 4 is 61.9 Å². The van der Waals surface area contributed by atoms with Crippen LogP contribution in [0.1, 0.15) is 50.4 Å². The normalized spacial score (nSPS) is 15.3. The van der Waals surface area contributed by atoms with Gasteiger partial charge in [0.2, 0.25) is 6.79 Å². The van der Waals surface area contributed by atoms with Gasteiger partial charge in [0.15, 0.2) is 27.8 Å². The van der Waals surface area contributed by atoms with E-state index in [1.165, 1.54) is 11.3 Å². The quantitative estimate of drug-likeness (QED) is 0.136. The molecule has 0 aliphatic carbocycles. The van der Waals surface area contributed by atoms with Crippen molar-refractivity contribution in [1.82, 2.24) is 4.57 Å². The summed E-state index contributed by atoms with van der Waals surface area (Å²) in [5.41, 5.74) is 2.88. The van der Waals surface area contributed by atoms with Crippen LogP contribution in [-0.2, 0) is 16.1 Å². The van der Waals surface area contributed by atoms with Crippen LogP contribution in [0.15, 0.2) is 74.1 Å². The number of fused-ring (bicyclic) bond motifs is 2. The van der Waals surface area contributed by atoms with E-state index in [9.17, 15) is 9.59 Å². The number of ether oxygens (including phenoxy) is 6. The zero-order valence-corrected chi connectivity index (χ0v) is 31.4. The first kappa shape index (κ1) is 34.1. The number of methoxy groups -OCH3 is 1. The Labute approximate surface area is 302 Å². The molecule has 3 heterocycles. The zero-order chi connectivity index (χ0) is 34.1. The summed E-state index contributed by atoms with van der Waals surface area (Å²) in [6.07, 6.45) is 1.75. The highest BCUT2D eigenvalue weighted by atomic mass is 127. The molecule has 0 amide bonds. The standard InChI is InChI=1S/C35H32BrIN2O8S/c1-6-43-34(41)30-19(4)38-35-39(31(30)22-8-10-26(47-18(2)3)27(15-22)42-5)33(40)29(48-35)14-21-11-23(36)32(24(37)12-21)44-16-20-7-9-25-28(13-20)46-17-45-25/h7-15,18,31H,6,16-17H2,1-5H3/b29-14-/t31-/m0/s1. The van der Waals surface area contributed by atoms with Gasteiger partial charge in [-0.2, -0.15) is 0 Å². The monoisotopic (exact) mass is 846 g/mol. The van der Waals surface area contributed by atoms with Crippen LogP contribution in [0.5, 0.6) is 28.7 Å². The topological polar surface area (TPSA) is 107 Å². The number of hydrogen-bond donors (Lipinski definition) is 0. The first-order valence-electron chi connectivity index (χ1n) is 15.1. The predicted octanol–water partition coefficient (Wildman–Crippen LogP) is 6.27. The maximum atomic E-state index is 14.2. The number of carbonyl (C=O) groups is 1. The number of nitrogens with zero attached hydrogens (tertiary/aromatic N) is 2. The Morgan fingerprint density at radius 2 is 1.94 bits per heavy atom. The molecule has 1 aromatic heterocycles. The smallest absolute Gasteiger partial charge is 0.338 e. The van der Waals surface area contributed by atoms with Crippen molar-refractivity contribution in [2.24, 2.45) is 4.99 Å². The van der Waals surface area contributed by atoms with Crippen LogP contribution in [0.3, 0.4) is 0 Å². The first-order valence-corrected chi connectivity index (χ1v) is 17.8. The van der Waals surface area contributed by atoms with Gasteiger partial charge in [0.25, 0.3) is 5.56 Å². The van der Waals surface area contributed by atoms with E-state index in [1.807, 2.05) is 56.3 Å². The van der Waals surface area contributed by atoms with E-state index in [0.29, 0.717) is 50.2 Å². The predicted molar refractivity (Wildman–Crippen MR) is 193 cm³/mol. The summed E-state index contributed by atoms with van der Waals surface area (Å²) < 4.78 is 37.7. The molecule has 2 aliphatic heterocycles. The number of aromatic nitrogens is 1. The van der Waals surface area contributed by atoms with Crippen molar-refractivity contribution in [3.63, 3.8) is 0 Å².